The normalized spacial score (nSPS) is 20.1. The van der Waals surface area contributed by atoms with Gasteiger partial charge in [0.2, 0.25) is 0 Å². The summed E-state index contributed by atoms with van der Waals surface area (Å²) in [6, 6.07) is 0.408. The molecule has 0 saturated heterocycles. The van der Waals surface area contributed by atoms with E-state index in [1.807, 2.05) is 7.05 Å². The van der Waals surface area contributed by atoms with E-state index in [2.05, 4.69) is 31.0 Å². The van der Waals surface area contributed by atoms with E-state index >= 15 is 0 Å². The fourth-order valence-electron chi connectivity index (χ4n) is 1.70. The quantitative estimate of drug-likeness (QED) is 0.687. The van der Waals surface area contributed by atoms with Gasteiger partial charge in [-0.25, -0.2) is 0 Å². The van der Waals surface area contributed by atoms with E-state index < -0.39 is 12.0 Å². The van der Waals surface area contributed by atoms with Crippen LogP contribution in [0.4, 0.5) is 0 Å². The second-order valence-corrected chi connectivity index (χ2v) is 5.26. The highest BCUT2D eigenvalue weighted by Crippen LogP contribution is 2.20. The van der Waals surface area contributed by atoms with Crippen LogP contribution in [0.5, 0.6) is 0 Å². The highest BCUT2D eigenvalue weighted by molar-refractivity contribution is 5.73. The second kappa shape index (κ2) is 5.64. The Morgan fingerprint density at radius 2 is 2.00 bits per heavy atom. The molecule has 0 aromatic carbocycles. The van der Waals surface area contributed by atoms with Gasteiger partial charge in [0.05, 0.1) is 0 Å². The van der Waals surface area contributed by atoms with Crippen molar-refractivity contribution in [3.63, 3.8) is 0 Å². The summed E-state index contributed by atoms with van der Waals surface area (Å²) in [4.78, 5) is 13.2. The number of hydrogen-bond donors (Lipinski definition) is 2. The van der Waals surface area contributed by atoms with Gasteiger partial charge in [-0.05, 0) is 32.7 Å². The van der Waals surface area contributed by atoms with E-state index in [9.17, 15) is 4.79 Å². The molecule has 0 aliphatic heterocycles. The number of carbonyl (C=O) groups is 1. The van der Waals surface area contributed by atoms with Gasteiger partial charge in [0.25, 0.3) is 0 Å². The Labute approximate surface area is 98.0 Å². The fourth-order valence-corrected chi connectivity index (χ4v) is 1.70. The zero-order valence-corrected chi connectivity index (χ0v) is 10.7. The number of aliphatic carboxylic acids is 1. The van der Waals surface area contributed by atoms with Gasteiger partial charge in [0.15, 0.2) is 0 Å². The summed E-state index contributed by atoms with van der Waals surface area (Å²) in [6.45, 7) is 7.03. The van der Waals surface area contributed by atoms with Crippen LogP contribution < -0.4 is 5.32 Å². The van der Waals surface area contributed by atoms with Crippen molar-refractivity contribution >= 4 is 5.97 Å². The summed E-state index contributed by atoms with van der Waals surface area (Å²) in [7, 11) is 2.00. The first-order valence-corrected chi connectivity index (χ1v) is 6.11. The van der Waals surface area contributed by atoms with Crippen molar-refractivity contribution in [1.82, 2.24) is 10.2 Å². The molecule has 2 unspecified atom stereocenters. The van der Waals surface area contributed by atoms with Gasteiger partial charge in [-0.3, -0.25) is 4.79 Å². The van der Waals surface area contributed by atoms with E-state index in [-0.39, 0.29) is 0 Å². The minimum atomic E-state index is -0.741. The summed E-state index contributed by atoms with van der Waals surface area (Å²) in [5.41, 5.74) is 0. The molecule has 0 heterocycles. The topological polar surface area (TPSA) is 52.6 Å². The lowest BCUT2D eigenvalue weighted by Crippen LogP contribution is -2.49. The lowest BCUT2D eigenvalue weighted by atomic mass is 10.0. The van der Waals surface area contributed by atoms with Crippen LogP contribution in [-0.2, 0) is 4.79 Å². The molecule has 1 saturated carbocycles. The van der Waals surface area contributed by atoms with E-state index in [1.165, 1.54) is 0 Å². The molecule has 2 atom stereocenters. The van der Waals surface area contributed by atoms with Crippen molar-refractivity contribution in [3.05, 3.63) is 0 Å². The van der Waals surface area contributed by atoms with Crippen molar-refractivity contribution in [2.45, 2.75) is 51.7 Å². The number of carboxylic acid groups (broad SMARTS) is 1. The Kier molecular flexibility index (Phi) is 4.74. The number of nitrogens with one attached hydrogen (secondary N) is 1. The predicted molar refractivity (Wildman–Crippen MR) is 64.5 cm³/mol. The fraction of sp³-hybridized carbons (Fsp3) is 0.917. The standard InChI is InChI=1S/C12H24N2O2/c1-8(2)9(3)14(4)7-11(12(15)16)13-10-5-6-10/h8-11,13H,5-7H2,1-4H3,(H,15,16). The number of hydrogen-bond acceptors (Lipinski definition) is 3. The molecular weight excluding hydrogens is 204 g/mol. The molecule has 1 aliphatic carbocycles. The lowest BCUT2D eigenvalue weighted by Gasteiger charge is -2.30. The molecule has 2 N–H and O–H groups in total. The highest BCUT2D eigenvalue weighted by atomic mass is 16.4. The molecule has 16 heavy (non-hydrogen) atoms. The highest BCUT2D eigenvalue weighted by Gasteiger charge is 2.29. The molecule has 0 amide bonds. The largest absolute Gasteiger partial charge is 0.480 e. The molecule has 0 spiro atoms. The van der Waals surface area contributed by atoms with Crippen LogP contribution in [0.25, 0.3) is 0 Å². The predicted octanol–water partition coefficient (Wildman–Crippen LogP) is 1.17. The summed E-state index contributed by atoms with van der Waals surface area (Å²) < 4.78 is 0. The van der Waals surface area contributed by atoms with Crippen LogP contribution in [0.1, 0.15) is 33.6 Å². The summed E-state index contributed by atoms with van der Waals surface area (Å²) in [5, 5.41) is 12.3. The van der Waals surface area contributed by atoms with Crippen LogP contribution in [-0.4, -0.2) is 47.7 Å². The number of likely N-dealkylation sites (N-methyl/N-ethyl adjacent to an activating group) is 1. The Morgan fingerprint density at radius 3 is 2.38 bits per heavy atom. The SMILES string of the molecule is CC(C)C(C)N(C)CC(NC1CC1)C(=O)O. The van der Waals surface area contributed by atoms with Gasteiger partial charge >= 0.3 is 5.97 Å². The number of carboxylic acids is 1. The summed E-state index contributed by atoms with van der Waals surface area (Å²) >= 11 is 0. The molecule has 0 bridgehead atoms. The zero-order valence-electron chi connectivity index (χ0n) is 10.7. The van der Waals surface area contributed by atoms with Gasteiger partial charge in [-0.15, -0.1) is 0 Å². The van der Waals surface area contributed by atoms with Crippen LogP contribution in [0.2, 0.25) is 0 Å². The molecule has 0 radical (unpaired) electrons. The number of nitrogens with zero attached hydrogens (tertiary/aromatic N) is 1. The van der Waals surface area contributed by atoms with Crippen LogP contribution >= 0.6 is 0 Å². The van der Waals surface area contributed by atoms with Crippen molar-refractivity contribution in [3.8, 4) is 0 Å². The molecule has 0 aromatic rings. The van der Waals surface area contributed by atoms with Crippen molar-refractivity contribution in [1.29, 1.82) is 0 Å². The van der Waals surface area contributed by atoms with Crippen LogP contribution in [0, 0.1) is 5.92 Å². The third kappa shape index (κ3) is 4.10. The smallest absolute Gasteiger partial charge is 0.322 e. The number of rotatable bonds is 7. The maximum atomic E-state index is 11.1. The minimum absolute atomic E-state index is 0.405. The maximum absolute atomic E-state index is 11.1. The first-order chi connectivity index (χ1) is 7.41. The Balaban J connectivity index is 2.43. The molecule has 1 aliphatic rings. The molecule has 94 valence electrons. The van der Waals surface area contributed by atoms with Crippen molar-refractivity contribution < 1.29 is 9.90 Å². The molecule has 0 aromatic heterocycles. The molecule has 1 rings (SSSR count). The molecular formula is C12H24N2O2. The van der Waals surface area contributed by atoms with Crippen molar-refractivity contribution in [2.75, 3.05) is 13.6 Å². The molecule has 4 heteroatoms. The molecule has 4 nitrogen and oxygen atoms in total. The van der Waals surface area contributed by atoms with Crippen molar-refractivity contribution in [2.24, 2.45) is 5.92 Å². The van der Waals surface area contributed by atoms with E-state index in [0.29, 0.717) is 24.5 Å². The van der Waals surface area contributed by atoms with E-state index in [0.717, 1.165) is 12.8 Å². The van der Waals surface area contributed by atoms with Gasteiger partial charge in [-0.1, -0.05) is 13.8 Å². The van der Waals surface area contributed by atoms with Gasteiger partial charge in [0, 0.05) is 18.6 Å². The Hall–Kier alpha value is -0.610. The third-order valence-corrected chi connectivity index (χ3v) is 3.44. The van der Waals surface area contributed by atoms with Crippen LogP contribution in [0.15, 0.2) is 0 Å². The van der Waals surface area contributed by atoms with Gasteiger partial charge < -0.3 is 15.3 Å². The van der Waals surface area contributed by atoms with E-state index in [4.69, 9.17) is 5.11 Å². The monoisotopic (exact) mass is 228 g/mol. The summed E-state index contributed by atoms with van der Waals surface area (Å²) in [5.74, 6) is -0.199. The molecule has 1 fully saturated rings. The minimum Gasteiger partial charge on any atom is -0.480 e. The second-order valence-electron chi connectivity index (χ2n) is 5.26. The maximum Gasteiger partial charge on any atom is 0.322 e. The van der Waals surface area contributed by atoms with Gasteiger partial charge in [0.1, 0.15) is 6.04 Å². The lowest BCUT2D eigenvalue weighted by molar-refractivity contribution is -0.140. The first-order valence-electron chi connectivity index (χ1n) is 6.11. The zero-order chi connectivity index (χ0) is 12.3. The Bertz CT molecular complexity index is 239. The van der Waals surface area contributed by atoms with E-state index in [1.54, 1.807) is 0 Å². The van der Waals surface area contributed by atoms with Gasteiger partial charge in [-0.2, -0.15) is 0 Å². The third-order valence-electron chi connectivity index (χ3n) is 3.44. The Morgan fingerprint density at radius 1 is 1.44 bits per heavy atom. The van der Waals surface area contributed by atoms with Crippen LogP contribution in [0.3, 0.4) is 0 Å². The summed E-state index contributed by atoms with van der Waals surface area (Å²) in [6.07, 6.45) is 2.24. The first kappa shape index (κ1) is 13.5. The average molecular weight is 228 g/mol. The average Bonchev–Trinajstić information content (AvgIpc) is 2.98.